The number of carbonyl (C=O) groups is 3. The van der Waals surface area contributed by atoms with Crippen molar-refractivity contribution in [1.29, 1.82) is 0 Å². The van der Waals surface area contributed by atoms with Crippen molar-refractivity contribution in [3.8, 4) is 0 Å². The molecular formula is C19H27NO4. The van der Waals surface area contributed by atoms with Gasteiger partial charge in [0.2, 0.25) is 6.41 Å². The van der Waals surface area contributed by atoms with E-state index in [2.05, 4.69) is 0 Å². The Bertz CT molecular complexity index is 598. The zero-order valence-corrected chi connectivity index (χ0v) is 15.4. The van der Waals surface area contributed by atoms with Gasteiger partial charge in [0.05, 0.1) is 5.41 Å². The summed E-state index contributed by atoms with van der Waals surface area (Å²) in [5, 5.41) is 0. The van der Waals surface area contributed by atoms with Crippen LogP contribution >= 0.6 is 0 Å². The van der Waals surface area contributed by atoms with Gasteiger partial charge < -0.3 is 14.4 Å². The normalized spacial score (nSPS) is 13.8. The average molecular weight is 333 g/mol. The van der Waals surface area contributed by atoms with E-state index in [1.165, 1.54) is 4.90 Å². The third-order valence-electron chi connectivity index (χ3n) is 3.80. The Morgan fingerprint density at radius 3 is 2.08 bits per heavy atom. The molecule has 0 aliphatic heterocycles. The average Bonchev–Trinajstić information content (AvgIpc) is 2.44. The van der Waals surface area contributed by atoms with Crippen LogP contribution in [0.25, 0.3) is 0 Å². The second kappa shape index (κ2) is 7.60. The Morgan fingerprint density at radius 2 is 1.67 bits per heavy atom. The molecule has 0 aliphatic rings. The van der Waals surface area contributed by atoms with Crippen molar-refractivity contribution in [2.24, 2.45) is 5.41 Å². The molecule has 0 saturated heterocycles. The molecule has 5 nitrogen and oxygen atoms in total. The van der Waals surface area contributed by atoms with Crippen LogP contribution in [0, 0.1) is 19.3 Å². The van der Waals surface area contributed by atoms with E-state index >= 15 is 0 Å². The van der Waals surface area contributed by atoms with E-state index in [0.29, 0.717) is 12.7 Å². The predicted octanol–water partition coefficient (Wildman–Crippen LogP) is 3.20. The Kier molecular flexibility index (Phi) is 6.29. The molecule has 1 rings (SSSR count). The van der Waals surface area contributed by atoms with Crippen molar-refractivity contribution in [3.05, 3.63) is 29.3 Å². The zero-order valence-electron chi connectivity index (χ0n) is 15.4. The number of esters is 1. The number of para-hydroxylation sites is 1. The molecule has 1 unspecified atom stereocenters. The fourth-order valence-electron chi connectivity index (χ4n) is 2.60. The van der Waals surface area contributed by atoms with Gasteiger partial charge in [0.25, 0.3) is 0 Å². The van der Waals surface area contributed by atoms with Crippen LogP contribution in [0.3, 0.4) is 0 Å². The maximum Gasteiger partial charge on any atom is 0.314 e. The smallest absolute Gasteiger partial charge is 0.314 e. The number of ether oxygens (including phenoxy) is 1. The summed E-state index contributed by atoms with van der Waals surface area (Å²) in [6.07, 6.45) is 1.37. The number of amides is 1. The van der Waals surface area contributed by atoms with Gasteiger partial charge in [-0.15, -0.1) is 0 Å². The van der Waals surface area contributed by atoms with Gasteiger partial charge in [0, 0.05) is 18.7 Å². The topological polar surface area (TPSA) is 63.7 Å². The summed E-state index contributed by atoms with van der Waals surface area (Å²) in [6.45, 7) is 10.9. The Labute approximate surface area is 144 Å². The van der Waals surface area contributed by atoms with Gasteiger partial charge in [0.1, 0.15) is 11.9 Å². The van der Waals surface area contributed by atoms with Crippen LogP contribution in [0.5, 0.6) is 0 Å². The largest absolute Gasteiger partial charge is 0.459 e. The van der Waals surface area contributed by atoms with Crippen LogP contribution in [0.2, 0.25) is 0 Å². The van der Waals surface area contributed by atoms with Crippen LogP contribution in [0.15, 0.2) is 18.2 Å². The highest BCUT2D eigenvalue weighted by molar-refractivity contribution is 5.85. The molecule has 0 fully saturated rings. The number of benzene rings is 1. The van der Waals surface area contributed by atoms with E-state index < -0.39 is 17.0 Å². The molecule has 5 heteroatoms. The summed E-state index contributed by atoms with van der Waals surface area (Å²) in [5.74, 6) is -0.486. The highest BCUT2D eigenvalue weighted by atomic mass is 16.6. The summed E-state index contributed by atoms with van der Waals surface area (Å²) in [6, 6.07) is 5.72. The molecule has 1 aromatic carbocycles. The molecule has 1 aromatic rings. The number of rotatable bonds is 7. The highest BCUT2D eigenvalue weighted by Gasteiger charge is 2.39. The lowest BCUT2D eigenvalue weighted by Gasteiger charge is -2.34. The van der Waals surface area contributed by atoms with Crippen molar-refractivity contribution >= 4 is 24.4 Å². The van der Waals surface area contributed by atoms with E-state index in [1.807, 2.05) is 32.0 Å². The quantitative estimate of drug-likeness (QED) is 0.568. The van der Waals surface area contributed by atoms with Crippen LogP contribution in [-0.4, -0.2) is 30.8 Å². The molecular weight excluding hydrogens is 306 g/mol. The van der Waals surface area contributed by atoms with Gasteiger partial charge in [0.15, 0.2) is 0 Å². The fraction of sp³-hybridized carbons (Fsp3) is 0.526. The van der Waals surface area contributed by atoms with Crippen LogP contribution in [0.1, 0.15) is 45.2 Å². The van der Waals surface area contributed by atoms with E-state index in [0.717, 1.165) is 16.8 Å². The number of aldehydes is 1. The van der Waals surface area contributed by atoms with E-state index in [-0.39, 0.29) is 13.0 Å². The molecule has 0 radical (unpaired) electrons. The first-order valence-electron chi connectivity index (χ1n) is 7.99. The molecule has 1 atom stereocenters. The molecule has 0 aliphatic carbocycles. The molecule has 132 valence electrons. The van der Waals surface area contributed by atoms with Crippen LogP contribution in [0.4, 0.5) is 5.69 Å². The van der Waals surface area contributed by atoms with Crippen LogP contribution < -0.4 is 4.90 Å². The maximum atomic E-state index is 12.6. The molecule has 0 heterocycles. The Hall–Kier alpha value is -2.17. The number of carbonyl (C=O) groups excluding carboxylic acids is 3. The maximum absolute atomic E-state index is 12.6. The summed E-state index contributed by atoms with van der Waals surface area (Å²) in [7, 11) is 0. The monoisotopic (exact) mass is 333 g/mol. The van der Waals surface area contributed by atoms with Gasteiger partial charge in [-0.25, -0.2) is 0 Å². The van der Waals surface area contributed by atoms with Gasteiger partial charge in [-0.3, -0.25) is 9.59 Å². The summed E-state index contributed by atoms with van der Waals surface area (Å²) in [5.41, 5.74) is 0.851. The number of nitrogens with zero attached hydrogens (tertiary/aromatic N) is 1. The number of hydrogen-bond acceptors (Lipinski definition) is 4. The molecule has 0 spiro atoms. The second-order valence-electron chi connectivity index (χ2n) is 7.41. The molecule has 0 bridgehead atoms. The molecule has 0 aromatic heterocycles. The minimum absolute atomic E-state index is 0.0167. The predicted molar refractivity (Wildman–Crippen MR) is 94.0 cm³/mol. The van der Waals surface area contributed by atoms with Gasteiger partial charge in [-0.2, -0.15) is 0 Å². The molecule has 0 N–H and O–H groups in total. The number of aryl methyl sites for hydroxylation is 2. The number of anilines is 1. The fourth-order valence-corrected chi connectivity index (χ4v) is 2.60. The standard InChI is InChI=1S/C19H27NO4/c1-14-8-7-9-15(2)16(14)20(13-22)12-19(6,10-11-21)17(23)24-18(3,4)5/h7-9,11,13H,10,12H2,1-6H3. The summed E-state index contributed by atoms with van der Waals surface area (Å²) in [4.78, 5) is 36.9. The molecule has 1 amide bonds. The minimum Gasteiger partial charge on any atom is -0.459 e. The van der Waals surface area contributed by atoms with Crippen molar-refractivity contribution in [3.63, 3.8) is 0 Å². The summed E-state index contributed by atoms with van der Waals surface area (Å²) < 4.78 is 5.46. The SMILES string of the molecule is Cc1cccc(C)c1N(C=O)CC(C)(CC=O)C(=O)OC(C)(C)C. The first kappa shape index (κ1) is 19.9. The van der Waals surface area contributed by atoms with Gasteiger partial charge >= 0.3 is 5.97 Å². The van der Waals surface area contributed by atoms with Crippen molar-refractivity contribution in [2.75, 3.05) is 11.4 Å². The molecule has 0 saturated carbocycles. The third-order valence-corrected chi connectivity index (χ3v) is 3.80. The van der Waals surface area contributed by atoms with Gasteiger partial charge in [-0.05, 0) is 52.7 Å². The number of hydrogen-bond donors (Lipinski definition) is 0. The lowest BCUT2D eigenvalue weighted by molar-refractivity contribution is -0.167. The van der Waals surface area contributed by atoms with Gasteiger partial charge in [-0.1, -0.05) is 18.2 Å². The van der Waals surface area contributed by atoms with E-state index in [4.69, 9.17) is 4.74 Å². The summed E-state index contributed by atoms with van der Waals surface area (Å²) >= 11 is 0. The lowest BCUT2D eigenvalue weighted by atomic mass is 9.86. The first-order valence-corrected chi connectivity index (χ1v) is 7.99. The minimum atomic E-state index is -1.11. The van der Waals surface area contributed by atoms with Crippen molar-refractivity contribution in [1.82, 2.24) is 0 Å². The Morgan fingerprint density at radius 1 is 1.12 bits per heavy atom. The highest BCUT2D eigenvalue weighted by Crippen LogP contribution is 2.31. The third kappa shape index (κ3) is 4.91. The first-order chi connectivity index (χ1) is 11.0. The Balaban J connectivity index is 3.19. The van der Waals surface area contributed by atoms with E-state index in [9.17, 15) is 14.4 Å². The lowest BCUT2D eigenvalue weighted by Crippen LogP contribution is -2.44. The second-order valence-corrected chi connectivity index (χ2v) is 7.41. The zero-order chi connectivity index (χ0) is 18.5. The molecule has 24 heavy (non-hydrogen) atoms. The van der Waals surface area contributed by atoms with Crippen LogP contribution in [-0.2, 0) is 19.1 Å². The van der Waals surface area contributed by atoms with Crippen molar-refractivity contribution < 1.29 is 19.1 Å². The van der Waals surface area contributed by atoms with E-state index in [1.54, 1.807) is 27.7 Å². The van der Waals surface area contributed by atoms with Crippen molar-refractivity contribution in [2.45, 2.75) is 53.6 Å².